The second-order valence-corrected chi connectivity index (χ2v) is 4.11. The number of carbonyl (C=O) groups excluding carboxylic acids is 1. The lowest BCUT2D eigenvalue weighted by atomic mass is 10.0. The van der Waals surface area contributed by atoms with Crippen LogP contribution in [0.4, 0.5) is 0 Å². The van der Waals surface area contributed by atoms with Crippen LogP contribution in [0.1, 0.15) is 18.6 Å². The molecule has 2 aromatic rings. The molecule has 0 radical (unpaired) electrons. The highest BCUT2D eigenvalue weighted by molar-refractivity contribution is 5.89. The molecule has 0 saturated carbocycles. The number of ether oxygens (including phenoxy) is 1. The Bertz CT molecular complexity index is 622. The molecule has 4 nitrogen and oxygen atoms in total. The average molecular weight is 257 g/mol. The number of rotatable bonds is 4. The van der Waals surface area contributed by atoms with Crippen molar-refractivity contribution in [2.24, 2.45) is 0 Å². The van der Waals surface area contributed by atoms with Gasteiger partial charge in [-0.25, -0.2) is 4.79 Å². The maximum Gasteiger partial charge on any atom is 0.336 e. The van der Waals surface area contributed by atoms with Gasteiger partial charge in [-0.3, -0.25) is 4.98 Å². The van der Waals surface area contributed by atoms with Crippen molar-refractivity contribution in [2.75, 3.05) is 6.61 Å². The molecule has 1 atom stereocenters. The molecule has 1 N–H and O–H groups in total. The fourth-order valence-electron chi connectivity index (χ4n) is 1.77. The summed E-state index contributed by atoms with van der Waals surface area (Å²) in [6, 6.07) is 9.35. The number of hydrogen-bond acceptors (Lipinski definition) is 4. The van der Waals surface area contributed by atoms with Crippen LogP contribution < -0.4 is 0 Å². The van der Waals surface area contributed by atoms with Crippen LogP contribution in [0.25, 0.3) is 10.9 Å². The molecule has 1 unspecified atom stereocenters. The third-order valence-corrected chi connectivity index (χ3v) is 2.80. The van der Waals surface area contributed by atoms with Gasteiger partial charge in [-0.05, 0) is 19.1 Å². The minimum absolute atomic E-state index is 0.0129. The van der Waals surface area contributed by atoms with Gasteiger partial charge >= 0.3 is 5.97 Å². The van der Waals surface area contributed by atoms with Crippen LogP contribution in [0.15, 0.2) is 48.7 Å². The van der Waals surface area contributed by atoms with E-state index < -0.39 is 12.1 Å². The first-order valence-electron chi connectivity index (χ1n) is 6.02. The van der Waals surface area contributed by atoms with Gasteiger partial charge in [0.2, 0.25) is 0 Å². The molecular weight excluding hydrogens is 242 g/mol. The Balaban J connectivity index is 2.28. The summed E-state index contributed by atoms with van der Waals surface area (Å²) in [6.07, 6.45) is 0.438. The Hall–Kier alpha value is -2.20. The van der Waals surface area contributed by atoms with E-state index in [4.69, 9.17) is 4.74 Å². The fraction of sp³-hybridized carbons (Fsp3) is 0.200. The Labute approximate surface area is 111 Å². The molecule has 0 aliphatic heterocycles. The van der Waals surface area contributed by atoms with Crippen LogP contribution in [-0.4, -0.2) is 22.7 Å². The Morgan fingerprint density at radius 1 is 1.47 bits per heavy atom. The van der Waals surface area contributed by atoms with E-state index in [1.54, 1.807) is 13.0 Å². The minimum atomic E-state index is -1.10. The third kappa shape index (κ3) is 2.80. The van der Waals surface area contributed by atoms with Gasteiger partial charge < -0.3 is 9.84 Å². The molecule has 0 aliphatic rings. The lowest BCUT2D eigenvalue weighted by Gasteiger charge is -2.13. The largest absolute Gasteiger partial charge is 0.463 e. The van der Waals surface area contributed by atoms with Crippen LogP contribution in [-0.2, 0) is 9.53 Å². The average Bonchev–Trinajstić information content (AvgIpc) is 2.45. The summed E-state index contributed by atoms with van der Waals surface area (Å²) in [4.78, 5) is 15.8. The summed E-state index contributed by atoms with van der Waals surface area (Å²) >= 11 is 0. The van der Waals surface area contributed by atoms with Gasteiger partial charge in [0.05, 0.1) is 17.7 Å². The van der Waals surface area contributed by atoms with E-state index in [-0.39, 0.29) is 12.2 Å². The van der Waals surface area contributed by atoms with E-state index in [2.05, 4.69) is 11.6 Å². The molecule has 1 aromatic heterocycles. The van der Waals surface area contributed by atoms with E-state index in [1.807, 2.05) is 24.3 Å². The number of aliphatic hydroxyl groups excluding tert-OH is 1. The standard InChI is InChI=1S/C15H15NO3/c1-3-19-15(18)10(2)14(17)12-8-11-6-4-5-7-13(11)16-9-12/h4-9,14,17H,2-3H2,1H3. The summed E-state index contributed by atoms with van der Waals surface area (Å²) in [5.74, 6) is -0.594. The minimum Gasteiger partial charge on any atom is -0.463 e. The van der Waals surface area contributed by atoms with Crippen LogP contribution in [0.2, 0.25) is 0 Å². The maximum atomic E-state index is 11.5. The zero-order chi connectivity index (χ0) is 13.8. The first-order valence-corrected chi connectivity index (χ1v) is 6.02. The molecule has 0 aliphatic carbocycles. The Kier molecular flexibility index (Phi) is 3.92. The second-order valence-electron chi connectivity index (χ2n) is 4.11. The number of esters is 1. The van der Waals surface area contributed by atoms with Gasteiger partial charge in [-0.15, -0.1) is 0 Å². The molecule has 0 saturated heterocycles. The van der Waals surface area contributed by atoms with Crippen LogP contribution >= 0.6 is 0 Å². The number of hydrogen-bond donors (Lipinski definition) is 1. The quantitative estimate of drug-likeness (QED) is 0.675. The Morgan fingerprint density at radius 2 is 2.21 bits per heavy atom. The number of para-hydroxylation sites is 1. The first kappa shape index (κ1) is 13.2. The molecule has 19 heavy (non-hydrogen) atoms. The summed E-state index contributed by atoms with van der Waals surface area (Å²) in [5.41, 5.74) is 1.37. The number of aliphatic hydroxyl groups is 1. The van der Waals surface area contributed by atoms with Crippen molar-refractivity contribution in [1.82, 2.24) is 4.98 Å². The predicted octanol–water partition coefficient (Wildman–Crippen LogP) is 2.39. The lowest BCUT2D eigenvalue weighted by molar-refractivity contribution is -0.139. The van der Waals surface area contributed by atoms with Gasteiger partial charge in [-0.1, -0.05) is 24.8 Å². The van der Waals surface area contributed by atoms with Crippen molar-refractivity contribution >= 4 is 16.9 Å². The second kappa shape index (κ2) is 5.63. The van der Waals surface area contributed by atoms with Gasteiger partial charge in [0.15, 0.2) is 0 Å². The van der Waals surface area contributed by atoms with E-state index in [0.29, 0.717) is 5.56 Å². The van der Waals surface area contributed by atoms with Crippen molar-refractivity contribution < 1.29 is 14.6 Å². The predicted molar refractivity (Wildman–Crippen MR) is 72.5 cm³/mol. The fourth-order valence-corrected chi connectivity index (χ4v) is 1.77. The SMILES string of the molecule is C=C(C(=O)OCC)C(O)c1cnc2ccccc2c1. The molecule has 0 spiro atoms. The van der Waals surface area contributed by atoms with E-state index in [1.165, 1.54) is 6.20 Å². The molecular formula is C15H15NO3. The number of carbonyl (C=O) groups is 1. The van der Waals surface area contributed by atoms with Crippen LogP contribution in [0.3, 0.4) is 0 Å². The highest BCUT2D eigenvalue weighted by Crippen LogP contribution is 2.23. The highest BCUT2D eigenvalue weighted by atomic mass is 16.5. The molecule has 0 bridgehead atoms. The number of benzene rings is 1. The van der Waals surface area contributed by atoms with Crippen molar-refractivity contribution in [1.29, 1.82) is 0 Å². The number of fused-ring (bicyclic) bond motifs is 1. The van der Waals surface area contributed by atoms with Crippen molar-refractivity contribution in [3.8, 4) is 0 Å². The van der Waals surface area contributed by atoms with E-state index in [0.717, 1.165) is 10.9 Å². The molecule has 1 heterocycles. The zero-order valence-corrected chi connectivity index (χ0v) is 10.7. The maximum absolute atomic E-state index is 11.5. The smallest absolute Gasteiger partial charge is 0.336 e. The van der Waals surface area contributed by atoms with Crippen LogP contribution in [0.5, 0.6) is 0 Å². The molecule has 4 heteroatoms. The van der Waals surface area contributed by atoms with Crippen LogP contribution in [0, 0.1) is 0 Å². The molecule has 2 rings (SSSR count). The lowest BCUT2D eigenvalue weighted by Crippen LogP contribution is -2.13. The normalized spacial score (nSPS) is 12.1. The molecule has 0 amide bonds. The summed E-state index contributed by atoms with van der Waals surface area (Å²) < 4.78 is 4.81. The third-order valence-electron chi connectivity index (χ3n) is 2.80. The molecule has 98 valence electrons. The van der Waals surface area contributed by atoms with Crippen molar-refractivity contribution in [2.45, 2.75) is 13.0 Å². The molecule has 0 fully saturated rings. The topological polar surface area (TPSA) is 59.4 Å². The highest BCUT2D eigenvalue weighted by Gasteiger charge is 2.19. The van der Waals surface area contributed by atoms with E-state index >= 15 is 0 Å². The zero-order valence-electron chi connectivity index (χ0n) is 10.7. The number of nitrogens with zero attached hydrogens (tertiary/aromatic N) is 1. The number of pyridine rings is 1. The van der Waals surface area contributed by atoms with Crippen molar-refractivity contribution in [3.05, 3.63) is 54.2 Å². The van der Waals surface area contributed by atoms with Crippen molar-refractivity contribution in [3.63, 3.8) is 0 Å². The monoisotopic (exact) mass is 257 g/mol. The number of aromatic nitrogens is 1. The van der Waals surface area contributed by atoms with Gasteiger partial charge in [0, 0.05) is 17.1 Å². The summed E-state index contributed by atoms with van der Waals surface area (Å²) in [5, 5.41) is 11.0. The Morgan fingerprint density at radius 3 is 2.95 bits per heavy atom. The van der Waals surface area contributed by atoms with Gasteiger partial charge in [0.1, 0.15) is 6.10 Å². The van der Waals surface area contributed by atoms with Gasteiger partial charge in [-0.2, -0.15) is 0 Å². The summed E-state index contributed by atoms with van der Waals surface area (Å²) in [7, 11) is 0. The first-order chi connectivity index (χ1) is 9.13. The van der Waals surface area contributed by atoms with Gasteiger partial charge in [0.25, 0.3) is 0 Å². The van der Waals surface area contributed by atoms with E-state index in [9.17, 15) is 9.90 Å². The summed E-state index contributed by atoms with van der Waals surface area (Å²) in [6.45, 7) is 5.53. The molecule has 1 aromatic carbocycles.